The molecule has 0 amide bonds. The van der Waals surface area contributed by atoms with Gasteiger partial charge < -0.3 is 4.74 Å². The van der Waals surface area contributed by atoms with E-state index in [-0.39, 0.29) is 11.3 Å². The molecule has 2 rings (SSSR count). The first-order valence-corrected chi connectivity index (χ1v) is 6.06. The molecule has 0 fully saturated rings. The summed E-state index contributed by atoms with van der Waals surface area (Å²) >= 11 is 3.25. The summed E-state index contributed by atoms with van der Waals surface area (Å²) in [7, 11) is 0. The summed E-state index contributed by atoms with van der Waals surface area (Å²) in [6, 6.07) is 10.6. The van der Waals surface area contributed by atoms with Crippen LogP contribution in [0.2, 0.25) is 0 Å². The van der Waals surface area contributed by atoms with Crippen LogP contribution in [-0.2, 0) is 0 Å². The molecule has 0 spiro atoms. The highest BCUT2D eigenvalue weighted by Gasteiger charge is 2.11. The highest BCUT2D eigenvalue weighted by Crippen LogP contribution is 2.32. The largest absolute Gasteiger partial charge is 0.455 e. The van der Waals surface area contributed by atoms with E-state index in [0.29, 0.717) is 22.1 Å². The third-order valence-corrected chi connectivity index (χ3v) is 3.02. The zero-order valence-electron chi connectivity index (χ0n) is 9.56. The van der Waals surface area contributed by atoms with Crippen molar-refractivity contribution in [3.05, 3.63) is 57.8 Å². The maximum absolute atomic E-state index is 13.4. The Morgan fingerprint density at radius 3 is 2.68 bits per heavy atom. The van der Waals surface area contributed by atoms with Crippen LogP contribution in [0.1, 0.15) is 15.9 Å². The maximum atomic E-state index is 13.4. The van der Waals surface area contributed by atoms with Gasteiger partial charge in [0.1, 0.15) is 35.2 Å². The Morgan fingerprint density at radius 1 is 1.26 bits per heavy atom. The van der Waals surface area contributed by atoms with Crippen LogP contribution < -0.4 is 4.74 Å². The fourth-order valence-corrected chi connectivity index (χ4v) is 1.97. The summed E-state index contributed by atoms with van der Waals surface area (Å²) in [5, 5.41) is 8.90. The van der Waals surface area contributed by atoms with Gasteiger partial charge in [-0.15, -0.1) is 0 Å². The smallest absolute Gasteiger partial charge is 0.150 e. The first-order chi connectivity index (χ1) is 9.15. The summed E-state index contributed by atoms with van der Waals surface area (Å²) in [5.74, 6) is -0.115. The lowest BCUT2D eigenvalue weighted by Gasteiger charge is -2.09. The van der Waals surface area contributed by atoms with E-state index in [9.17, 15) is 9.18 Å². The number of hydrogen-bond donors (Lipinski definition) is 0. The van der Waals surface area contributed by atoms with E-state index < -0.39 is 5.82 Å². The number of benzene rings is 2. The summed E-state index contributed by atoms with van der Waals surface area (Å²) in [6.45, 7) is 0. The van der Waals surface area contributed by atoms with Crippen molar-refractivity contribution >= 4 is 22.2 Å². The fraction of sp³-hybridized carbons (Fsp3) is 0. The fourth-order valence-electron chi connectivity index (χ4n) is 1.49. The second-order valence-corrected chi connectivity index (χ2v) is 4.49. The van der Waals surface area contributed by atoms with Gasteiger partial charge in [-0.05, 0) is 46.3 Å². The lowest BCUT2D eigenvalue weighted by Crippen LogP contribution is -1.92. The zero-order valence-corrected chi connectivity index (χ0v) is 11.1. The van der Waals surface area contributed by atoms with E-state index in [1.54, 1.807) is 24.3 Å². The molecule has 2 aromatic carbocycles. The van der Waals surface area contributed by atoms with Gasteiger partial charge in [0.15, 0.2) is 0 Å². The summed E-state index contributed by atoms with van der Waals surface area (Å²) in [6.07, 6.45) is 0.706. The molecule has 0 saturated carbocycles. The molecular formula is C14H7BrFNO2. The van der Waals surface area contributed by atoms with Crippen LogP contribution in [-0.4, -0.2) is 6.29 Å². The minimum Gasteiger partial charge on any atom is -0.455 e. The Kier molecular flexibility index (Phi) is 3.93. The SMILES string of the molecule is N#Cc1c(F)cccc1Oc1ccc(C=O)cc1Br. The van der Waals surface area contributed by atoms with Gasteiger partial charge in [-0.3, -0.25) is 4.79 Å². The van der Waals surface area contributed by atoms with Crippen molar-refractivity contribution in [2.45, 2.75) is 0 Å². The molecule has 0 aliphatic rings. The Morgan fingerprint density at radius 2 is 2.05 bits per heavy atom. The van der Waals surface area contributed by atoms with E-state index in [1.165, 1.54) is 18.2 Å². The van der Waals surface area contributed by atoms with E-state index in [2.05, 4.69) is 15.9 Å². The third kappa shape index (κ3) is 2.80. The van der Waals surface area contributed by atoms with Crippen molar-refractivity contribution in [3.8, 4) is 17.6 Å². The molecule has 0 aromatic heterocycles. The first-order valence-electron chi connectivity index (χ1n) is 5.27. The zero-order chi connectivity index (χ0) is 13.8. The van der Waals surface area contributed by atoms with E-state index in [1.807, 2.05) is 0 Å². The van der Waals surface area contributed by atoms with Gasteiger partial charge >= 0.3 is 0 Å². The van der Waals surface area contributed by atoms with Crippen molar-refractivity contribution in [2.24, 2.45) is 0 Å². The van der Waals surface area contributed by atoms with Crippen molar-refractivity contribution in [2.75, 3.05) is 0 Å². The predicted molar refractivity (Wildman–Crippen MR) is 70.7 cm³/mol. The molecule has 94 valence electrons. The molecule has 0 saturated heterocycles. The molecule has 0 radical (unpaired) electrons. The Hall–Kier alpha value is -2.19. The molecule has 3 nitrogen and oxygen atoms in total. The second kappa shape index (κ2) is 5.63. The molecular weight excluding hydrogens is 313 g/mol. The average molecular weight is 320 g/mol. The highest BCUT2D eigenvalue weighted by molar-refractivity contribution is 9.10. The Labute approximate surface area is 117 Å². The Balaban J connectivity index is 2.40. The van der Waals surface area contributed by atoms with Crippen LogP contribution in [0.5, 0.6) is 11.5 Å². The number of ether oxygens (including phenoxy) is 1. The van der Waals surface area contributed by atoms with Gasteiger partial charge in [0.25, 0.3) is 0 Å². The van der Waals surface area contributed by atoms with Gasteiger partial charge in [0.05, 0.1) is 4.47 Å². The van der Waals surface area contributed by atoms with Crippen molar-refractivity contribution in [3.63, 3.8) is 0 Å². The van der Waals surface area contributed by atoms with Gasteiger partial charge in [0, 0.05) is 5.56 Å². The van der Waals surface area contributed by atoms with Crippen LogP contribution >= 0.6 is 15.9 Å². The number of hydrogen-bond acceptors (Lipinski definition) is 3. The van der Waals surface area contributed by atoms with Crippen molar-refractivity contribution < 1.29 is 13.9 Å². The molecule has 0 aliphatic heterocycles. The number of halogens is 2. The lowest BCUT2D eigenvalue weighted by atomic mass is 10.2. The molecule has 0 unspecified atom stereocenters. The first kappa shape index (κ1) is 13.2. The van der Waals surface area contributed by atoms with E-state index in [0.717, 1.165) is 0 Å². The van der Waals surface area contributed by atoms with Crippen LogP contribution in [0.4, 0.5) is 4.39 Å². The van der Waals surface area contributed by atoms with Gasteiger partial charge in [0.2, 0.25) is 0 Å². The third-order valence-electron chi connectivity index (χ3n) is 2.40. The molecule has 0 aliphatic carbocycles. The summed E-state index contributed by atoms with van der Waals surface area (Å²) in [5.41, 5.74) is 0.327. The molecule has 5 heteroatoms. The van der Waals surface area contributed by atoms with Gasteiger partial charge in [-0.2, -0.15) is 5.26 Å². The standard InChI is InChI=1S/C14H7BrFNO2/c15-11-6-9(8-18)4-5-14(11)19-13-3-1-2-12(16)10(13)7-17/h1-6,8H. The molecule has 0 atom stereocenters. The summed E-state index contributed by atoms with van der Waals surface area (Å²) < 4.78 is 19.4. The number of rotatable bonds is 3. The average Bonchev–Trinajstić information content (AvgIpc) is 2.41. The number of carbonyl (C=O) groups is 1. The maximum Gasteiger partial charge on any atom is 0.150 e. The van der Waals surface area contributed by atoms with Crippen LogP contribution in [0.25, 0.3) is 0 Å². The minimum absolute atomic E-state index is 0.127. The summed E-state index contributed by atoms with van der Waals surface area (Å²) in [4.78, 5) is 10.6. The Bertz CT molecular complexity index is 680. The molecule has 2 aromatic rings. The highest BCUT2D eigenvalue weighted by atomic mass is 79.9. The molecule has 19 heavy (non-hydrogen) atoms. The van der Waals surface area contributed by atoms with E-state index >= 15 is 0 Å². The van der Waals surface area contributed by atoms with Gasteiger partial charge in [-0.25, -0.2) is 4.39 Å². The number of aldehydes is 1. The van der Waals surface area contributed by atoms with Crippen molar-refractivity contribution in [1.82, 2.24) is 0 Å². The van der Waals surface area contributed by atoms with Crippen molar-refractivity contribution in [1.29, 1.82) is 5.26 Å². The predicted octanol–water partition coefficient (Wildman–Crippen LogP) is 4.06. The second-order valence-electron chi connectivity index (χ2n) is 3.63. The number of carbonyl (C=O) groups excluding carboxylic acids is 1. The topological polar surface area (TPSA) is 50.1 Å². The minimum atomic E-state index is -0.638. The normalized spacial score (nSPS) is 9.74. The quantitative estimate of drug-likeness (QED) is 0.801. The van der Waals surface area contributed by atoms with Crippen LogP contribution in [0, 0.1) is 17.1 Å². The number of nitriles is 1. The lowest BCUT2D eigenvalue weighted by molar-refractivity contribution is 0.112. The van der Waals surface area contributed by atoms with Crippen LogP contribution in [0.3, 0.4) is 0 Å². The monoisotopic (exact) mass is 319 g/mol. The molecule has 0 bridgehead atoms. The number of nitrogens with zero attached hydrogens (tertiary/aromatic N) is 1. The van der Waals surface area contributed by atoms with E-state index in [4.69, 9.17) is 10.00 Å². The molecule has 0 N–H and O–H groups in total. The van der Waals surface area contributed by atoms with Gasteiger partial charge in [-0.1, -0.05) is 6.07 Å². The van der Waals surface area contributed by atoms with Crippen LogP contribution in [0.15, 0.2) is 40.9 Å². The molecule has 0 heterocycles.